The van der Waals surface area contributed by atoms with Crippen molar-refractivity contribution in [3.63, 3.8) is 0 Å². The normalized spacial score (nSPS) is 10.3. The second kappa shape index (κ2) is 2.37. The lowest BCUT2D eigenvalue weighted by Crippen LogP contribution is -2.03. The molecule has 2 rings (SSSR count). The number of aromatic amines is 1. The summed E-state index contributed by atoms with van der Waals surface area (Å²) in [6.07, 6.45) is 0. The van der Waals surface area contributed by atoms with E-state index in [0.717, 1.165) is 0 Å². The molecule has 1 aromatic heterocycles. The fraction of sp³-hybridized carbons (Fsp3) is 0. The van der Waals surface area contributed by atoms with Crippen LogP contribution in [0, 0.1) is 6.07 Å². The van der Waals surface area contributed by atoms with E-state index >= 15 is 0 Å². The summed E-state index contributed by atoms with van der Waals surface area (Å²) in [6.45, 7) is 0. The molecule has 2 N–H and O–H groups in total. The van der Waals surface area contributed by atoms with Gasteiger partial charge in [0, 0.05) is 5.39 Å². The Morgan fingerprint density at radius 1 is 1.33 bits per heavy atom. The second-order valence-corrected chi connectivity index (χ2v) is 2.47. The maximum atomic E-state index is 10.8. The number of benzene rings is 1. The SMILES string of the molecule is O=c1[c]c(O)c2ccccc2[nH]1. The van der Waals surface area contributed by atoms with Gasteiger partial charge in [-0.2, -0.15) is 0 Å². The van der Waals surface area contributed by atoms with Crippen LogP contribution in [0.25, 0.3) is 10.9 Å². The molecular weight excluding hydrogens is 154 g/mol. The number of hydrogen-bond donors (Lipinski definition) is 2. The molecular formula is C9H6NO2. The van der Waals surface area contributed by atoms with Crippen LogP contribution in [0.2, 0.25) is 0 Å². The number of aromatic nitrogens is 1. The van der Waals surface area contributed by atoms with E-state index in [9.17, 15) is 9.90 Å². The summed E-state index contributed by atoms with van der Waals surface area (Å²) in [5, 5.41) is 9.88. The Kier molecular flexibility index (Phi) is 1.37. The molecule has 0 fully saturated rings. The minimum atomic E-state index is -0.411. The lowest BCUT2D eigenvalue weighted by Gasteiger charge is -1.97. The molecule has 0 saturated heterocycles. The van der Waals surface area contributed by atoms with E-state index in [4.69, 9.17) is 0 Å². The highest BCUT2D eigenvalue weighted by molar-refractivity contribution is 5.83. The van der Waals surface area contributed by atoms with E-state index < -0.39 is 5.56 Å². The van der Waals surface area contributed by atoms with Gasteiger partial charge in [0.25, 0.3) is 5.56 Å². The highest BCUT2D eigenvalue weighted by atomic mass is 16.3. The third kappa shape index (κ3) is 0.955. The molecule has 0 aliphatic heterocycles. The predicted octanol–water partition coefficient (Wildman–Crippen LogP) is 1.03. The topological polar surface area (TPSA) is 53.1 Å². The zero-order valence-electron chi connectivity index (χ0n) is 6.16. The summed E-state index contributed by atoms with van der Waals surface area (Å²) in [5.41, 5.74) is 0.213. The monoisotopic (exact) mass is 160 g/mol. The van der Waals surface area contributed by atoms with Gasteiger partial charge in [-0.3, -0.25) is 4.79 Å². The van der Waals surface area contributed by atoms with E-state index in [0.29, 0.717) is 10.9 Å². The van der Waals surface area contributed by atoms with Crippen LogP contribution in [0.1, 0.15) is 0 Å². The Morgan fingerprint density at radius 3 is 2.92 bits per heavy atom. The number of hydrogen-bond acceptors (Lipinski definition) is 2. The van der Waals surface area contributed by atoms with Crippen molar-refractivity contribution in [3.05, 3.63) is 40.7 Å². The summed E-state index contributed by atoms with van der Waals surface area (Å²) in [6, 6.07) is 9.28. The second-order valence-electron chi connectivity index (χ2n) is 2.47. The Bertz CT molecular complexity index is 473. The Balaban J connectivity index is 2.99. The fourth-order valence-corrected chi connectivity index (χ4v) is 1.13. The molecule has 0 bridgehead atoms. The first-order chi connectivity index (χ1) is 5.77. The smallest absolute Gasteiger partial charge is 0.260 e. The third-order valence-electron chi connectivity index (χ3n) is 1.66. The highest BCUT2D eigenvalue weighted by Crippen LogP contribution is 2.18. The molecule has 0 spiro atoms. The molecule has 1 radical (unpaired) electrons. The van der Waals surface area contributed by atoms with Gasteiger partial charge in [-0.25, -0.2) is 0 Å². The van der Waals surface area contributed by atoms with E-state index in [1.807, 2.05) is 0 Å². The molecule has 0 saturated carbocycles. The van der Waals surface area contributed by atoms with Crippen LogP contribution in [0.3, 0.4) is 0 Å². The molecule has 1 heterocycles. The summed E-state index contributed by atoms with van der Waals surface area (Å²) in [5.74, 6) is -0.102. The van der Waals surface area contributed by atoms with Crippen molar-refractivity contribution >= 4 is 10.9 Å². The first-order valence-electron chi connectivity index (χ1n) is 3.51. The van der Waals surface area contributed by atoms with Crippen molar-refractivity contribution in [3.8, 4) is 5.75 Å². The lowest BCUT2D eigenvalue weighted by molar-refractivity contribution is 0.479. The Labute approximate surface area is 68.3 Å². The molecule has 3 nitrogen and oxygen atoms in total. The molecule has 0 aliphatic carbocycles. The molecule has 1 aromatic carbocycles. The number of H-pyrrole nitrogens is 1. The van der Waals surface area contributed by atoms with Crippen molar-refractivity contribution in [2.45, 2.75) is 0 Å². The molecule has 59 valence electrons. The van der Waals surface area contributed by atoms with E-state index in [1.165, 1.54) is 0 Å². The van der Waals surface area contributed by atoms with Crippen LogP contribution in [0.4, 0.5) is 0 Å². The molecule has 0 aliphatic rings. The minimum Gasteiger partial charge on any atom is -0.506 e. The predicted molar refractivity (Wildman–Crippen MR) is 45.1 cm³/mol. The van der Waals surface area contributed by atoms with Crippen LogP contribution in [0.15, 0.2) is 29.1 Å². The van der Waals surface area contributed by atoms with Crippen molar-refractivity contribution in [2.75, 3.05) is 0 Å². The van der Waals surface area contributed by atoms with Crippen LogP contribution in [-0.2, 0) is 0 Å². The standard InChI is InChI=1S/C9H6NO2/c11-8-5-9(12)10-7-4-2-1-3-6(7)8/h1-4H,(H2,10,11,12). The van der Waals surface area contributed by atoms with Gasteiger partial charge < -0.3 is 10.1 Å². The molecule has 12 heavy (non-hydrogen) atoms. The van der Waals surface area contributed by atoms with Crippen LogP contribution < -0.4 is 5.56 Å². The number of rotatable bonds is 0. The van der Waals surface area contributed by atoms with E-state index in [-0.39, 0.29) is 5.75 Å². The zero-order valence-corrected chi connectivity index (χ0v) is 6.16. The van der Waals surface area contributed by atoms with Gasteiger partial charge in [-0.05, 0) is 12.1 Å². The van der Waals surface area contributed by atoms with Crippen LogP contribution >= 0.6 is 0 Å². The van der Waals surface area contributed by atoms with Gasteiger partial charge in [-0.15, -0.1) is 0 Å². The fourth-order valence-electron chi connectivity index (χ4n) is 1.13. The molecule has 0 amide bonds. The van der Waals surface area contributed by atoms with Gasteiger partial charge >= 0.3 is 0 Å². The first-order valence-corrected chi connectivity index (χ1v) is 3.51. The highest BCUT2D eigenvalue weighted by Gasteiger charge is 1.99. The van der Waals surface area contributed by atoms with Gasteiger partial charge in [0.2, 0.25) is 0 Å². The van der Waals surface area contributed by atoms with Crippen molar-refractivity contribution in [1.82, 2.24) is 4.98 Å². The minimum absolute atomic E-state index is 0.102. The van der Waals surface area contributed by atoms with Crippen LogP contribution in [0.5, 0.6) is 5.75 Å². The Morgan fingerprint density at radius 2 is 2.08 bits per heavy atom. The summed E-state index contributed by atoms with van der Waals surface area (Å²) in [7, 11) is 0. The largest absolute Gasteiger partial charge is 0.506 e. The first kappa shape index (κ1) is 6.91. The number of para-hydroxylation sites is 1. The summed E-state index contributed by atoms with van der Waals surface area (Å²) < 4.78 is 0. The zero-order chi connectivity index (χ0) is 8.55. The average Bonchev–Trinajstić information content (AvgIpc) is 2.04. The number of nitrogens with one attached hydrogen (secondary N) is 1. The summed E-state index contributed by atoms with van der Waals surface area (Å²) in [4.78, 5) is 13.4. The molecule has 0 unspecified atom stereocenters. The van der Waals surface area contributed by atoms with Crippen molar-refractivity contribution in [2.24, 2.45) is 0 Å². The van der Waals surface area contributed by atoms with Crippen molar-refractivity contribution < 1.29 is 5.11 Å². The Hall–Kier alpha value is -1.77. The van der Waals surface area contributed by atoms with Crippen molar-refractivity contribution in [1.29, 1.82) is 0 Å². The third-order valence-corrected chi connectivity index (χ3v) is 1.66. The van der Waals surface area contributed by atoms with E-state index in [1.54, 1.807) is 24.3 Å². The maximum absolute atomic E-state index is 10.8. The molecule has 2 aromatic rings. The van der Waals surface area contributed by atoms with Crippen LogP contribution in [-0.4, -0.2) is 10.1 Å². The van der Waals surface area contributed by atoms with Gasteiger partial charge in [0.15, 0.2) is 0 Å². The summed E-state index contributed by atoms with van der Waals surface area (Å²) >= 11 is 0. The quantitative estimate of drug-likeness (QED) is 0.604. The van der Waals surface area contributed by atoms with Gasteiger partial charge in [-0.1, -0.05) is 12.1 Å². The number of aromatic hydroxyl groups is 1. The molecule has 0 atom stereocenters. The average molecular weight is 160 g/mol. The maximum Gasteiger partial charge on any atom is 0.260 e. The number of fused-ring (bicyclic) bond motifs is 1. The van der Waals surface area contributed by atoms with Gasteiger partial charge in [0.1, 0.15) is 5.75 Å². The van der Waals surface area contributed by atoms with Gasteiger partial charge in [0.05, 0.1) is 11.6 Å². The number of pyridine rings is 1. The lowest BCUT2D eigenvalue weighted by atomic mass is 10.2. The molecule has 3 heteroatoms. The van der Waals surface area contributed by atoms with E-state index in [2.05, 4.69) is 11.1 Å².